The van der Waals surface area contributed by atoms with Gasteiger partial charge in [0.05, 0.1) is 18.7 Å². The third-order valence-corrected chi connectivity index (χ3v) is 3.81. The fourth-order valence-electron chi connectivity index (χ4n) is 1.76. The van der Waals surface area contributed by atoms with Crippen LogP contribution in [0.25, 0.3) is 0 Å². The van der Waals surface area contributed by atoms with Crippen LogP contribution in [0.3, 0.4) is 0 Å². The van der Waals surface area contributed by atoms with E-state index in [0.29, 0.717) is 11.1 Å². The van der Waals surface area contributed by atoms with Gasteiger partial charge in [-0.3, -0.25) is 4.79 Å². The third-order valence-electron chi connectivity index (χ3n) is 2.76. The van der Waals surface area contributed by atoms with Crippen LogP contribution in [0.15, 0.2) is 52.3 Å². The van der Waals surface area contributed by atoms with Gasteiger partial charge >= 0.3 is 0 Å². The van der Waals surface area contributed by atoms with E-state index in [1.807, 2.05) is 24.3 Å². The lowest BCUT2D eigenvalue weighted by Crippen LogP contribution is -1.95. The van der Waals surface area contributed by atoms with E-state index in [-0.39, 0.29) is 5.78 Å². The number of Topliss-reactive ketones (excluding diaryl/α,β-unsaturated/α-hetero) is 1. The Hall–Kier alpha value is -2.25. The first-order chi connectivity index (χ1) is 9.63. The SMILES string of the molecule is COc1cccc(Sc2cc(C#N)ccc2C(C)=O)c1. The lowest BCUT2D eigenvalue weighted by Gasteiger charge is -2.08. The van der Waals surface area contributed by atoms with Crippen LogP contribution in [0.2, 0.25) is 0 Å². The maximum atomic E-state index is 11.7. The smallest absolute Gasteiger partial charge is 0.160 e. The second-order valence-corrected chi connectivity index (χ2v) is 5.28. The van der Waals surface area contributed by atoms with Gasteiger partial charge in [0.1, 0.15) is 5.75 Å². The maximum Gasteiger partial charge on any atom is 0.160 e. The number of benzene rings is 2. The zero-order chi connectivity index (χ0) is 14.5. The molecule has 0 aliphatic heterocycles. The van der Waals surface area contributed by atoms with Crippen molar-refractivity contribution in [3.05, 3.63) is 53.6 Å². The standard InChI is InChI=1S/C16H13NO2S/c1-11(18)15-7-6-12(10-17)8-16(15)20-14-5-3-4-13(9-14)19-2/h3-9H,1-2H3. The van der Waals surface area contributed by atoms with Gasteiger partial charge < -0.3 is 4.74 Å². The molecule has 0 bridgehead atoms. The average Bonchev–Trinajstić information content (AvgIpc) is 2.47. The second-order valence-electron chi connectivity index (χ2n) is 4.16. The molecule has 0 radical (unpaired) electrons. The first-order valence-electron chi connectivity index (χ1n) is 6.01. The molecular weight excluding hydrogens is 270 g/mol. The van der Waals surface area contributed by atoms with E-state index in [1.54, 1.807) is 25.3 Å². The molecule has 0 saturated heterocycles. The topological polar surface area (TPSA) is 50.1 Å². The molecule has 2 aromatic carbocycles. The molecule has 4 heteroatoms. The minimum absolute atomic E-state index is 0.0140. The van der Waals surface area contributed by atoms with Crippen molar-refractivity contribution in [2.75, 3.05) is 7.11 Å². The van der Waals surface area contributed by atoms with Crippen molar-refractivity contribution in [2.24, 2.45) is 0 Å². The fourth-order valence-corrected chi connectivity index (χ4v) is 2.84. The summed E-state index contributed by atoms with van der Waals surface area (Å²) in [5.41, 5.74) is 1.16. The number of methoxy groups -OCH3 is 1. The lowest BCUT2D eigenvalue weighted by atomic mass is 10.1. The van der Waals surface area contributed by atoms with Crippen molar-refractivity contribution in [3.8, 4) is 11.8 Å². The average molecular weight is 283 g/mol. The zero-order valence-corrected chi connectivity index (χ0v) is 12.0. The Balaban J connectivity index is 2.40. The van der Waals surface area contributed by atoms with Crippen LogP contribution in [0.1, 0.15) is 22.8 Å². The number of ether oxygens (including phenoxy) is 1. The summed E-state index contributed by atoms with van der Waals surface area (Å²) in [5, 5.41) is 8.98. The molecule has 0 amide bonds. The molecule has 0 spiro atoms. The van der Waals surface area contributed by atoms with E-state index in [4.69, 9.17) is 10.00 Å². The van der Waals surface area contributed by atoms with Crippen LogP contribution in [0.4, 0.5) is 0 Å². The molecule has 2 aromatic rings. The lowest BCUT2D eigenvalue weighted by molar-refractivity contribution is 0.101. The van der Waals surface area contributed by atoms with E-state index in [2.05, 4.69) is 6.07 Å². The van der Waals surface area contributed by atoms with Crippen LogP contribution in [-0.2, 0) is 0 Å². The van der Waals surface area contributed by atoms with Crippen LogP contribution >= 0.6 is 11.8 Å². The molecule has 0 saturated carbocycles. The molecule has 0 aliphatic carbocycles. The van der Waals surface area contributed by atoms with Gasteiger partial charge in [-0.05, 0) is 43.3 Å². The number of hydrogen-bond acceptors (Lipinski definition) is 4. The summed E-state index contributed by atoms with van der Waals surface area (Å²) in [6.07, 6.45) is 0. The first kappa shape index (κ1) is 14.2. The molecule has 0 atom stereocenters. The van der Waals surface area contributed by atoms with Crippen LogP contribution < -0.4 is 4.74 Å². The molecule has 0 aromatic heterocycles. The largest absolute Gasteiger partial charge is 0.497 e. The van der Waals surface area contributed by atoms with Crippen molar-refractivity contribution in [3.63, 3.8) is 0 Å². The first-order valence-corrected chi connectivity index (χ1v) is 6.82. The molecular formula is C16H13NO2S. The number of carbonyl (C=O) groups excluding carboxylic acids is 1. The number of nitrogens with zero attached hydrogens (tertiary/aromatic N) is 1. The van der Waals surface area contributed by atoms with Crippen LogP contribution in [0, 0.1) is 11.3 Å². The molecule has 3 nitrogen and oxygen atoms in total. The Morgan fingerprint density at radius 2 is 2.05 bits per heavy atom. The van der Waals surface area contributed by atoms with Gasteiger partial charge in [0.15, 0.2) is 5.78 Å². The van der Waals surface area contributed by atoms with Crippen molar-refractivity contribution in [1.82, 2.24) is 0 Å². The molecule has 20 heavy (non-hydrogen) atoms. The van der Waals surface area contributed by atoms with Gasteiger partial charge in [-0.1, -0.05) is 17.8 Å². The Morgan fingerprint density at radius 1 is 1.25 bits per heavy atom. The Morgan fingerprint density at radius 3 is 2.70 bits per heavy atom. The van der Waals surface area contributed by atoms with E-state index in [0.717, 1.165) is 15.5 Å². The van der Waals surface area contributed by atoms with Crippen LogP contribution in [-0.4, -0.2) is 12.9 Å². The van der Waals surface area contributed by atoms with Gasteiger partial charge in [0.25, 0.3) is 0 Å². The molecule has 0 N–H and O–H groups in total. The predicted molar refractivity (Wildman–Crippen MR) is 78.3 cm³/mol. The number of ketones is 1. The van der Waals surface area contributed by atoms with Gasteiger partial charge in [0, 0.05) is 15.4 Å². The van der Waals surface area contributed by atoms with E-state index in [1.165, 1.54) is 18.7 Å². The normalized spacial score (nSPS) is 9.85. The van der Waals surface area contributed by atoms with Crippen molar-refractivity contribution in [1.29, 1.82) is 5.26 Å². The molecule has 0 unspecified atom stereocenters. The minimum atomic E-state index is -0.0140. The highest BCUT2D eigenvalue weighted by atomic mass is 32.2. The second kappa shape index (κ2) is 6.27. The predicted octanol–water partition coefficient (Wildman–Crippen LogP) is 3.92. The summed E-state index contributed by atoms with van der Waals surface area (Å²) in [6, 6.07) is 14.8. The number of hydrogen-bond donors (Lipinski definition) is 0. The summed E-state index contributed by atoms with van der Waals surface area (Å²) in [6.45, 7) is 1.52. The van der Waals surface area contributed by atoms with Gasteiger partial charge in [0.2, 0.25) is 0 Å². The number of rotatable bonds is 4. The molecule has 0 heterocycles. The summed E-state index contributed by atoms with van der Waals surface area (Å²) in [7, 11) is 1.61. The van der Waals surface area contributed by atoms with Gasteiger partial charge in [-0.2, -0.15) is 5.26 Å². The van der Waals surface area contributed by atoms with E-state index in [9.17, 15) is 4.79 Å². The van der Waals surface area contributed by atoms with Crippen molar-refractivity contribution < 1.29 is 9.53 Å². The third kappa shape index (κ3) is 3.19. The van der Waals surface area contributed by atoms with E-state index >= 15 is 0 Å². The van der Waals surface area contributed by atoms with E-state index < -0.39 is 0 Å². The summed E-state index contributed by atoms with van der Waals surface area (Å²) >= 11 is 1.45. The van der Waals surface area contributed by atoms with Gasteiger partial charge in [-0.25, -0.2) is 0 Å². The zero-order valence-electron chi connectivity index (χ0n) is 11.2. The fraction of sp³-hybridized carbons (Fsp3) is 0.125. The number of carbonyl (C=O) groups is 1. The molecule has 0 aliphatic rings. The van der Waals surface area contributed by atoms with Crippen molar-refractivity contribution >= 4 is 17.5 Å². The highest BCUT2D eigenvalue weighted by Gasteiger charge is 2.10. The molecule has 2 rings (SSSR count). The summed E-state index contributed by atoms with van der Waals surface area (Å²) in [4.78, 5) is 13.4. The van der Waals surface area contributed by atoms with Gasteiger partial charge in [-0.15, -0.1) is 0 Å². The quantitative estimate of drug-likeness (QED) is 0.798. The number of nitriles is 1. The Labute approximate surface area is 122 Å². The van der Waals surface area contributed by atoms with Crippen molar-refractivity contribution in [2.45, 2.75) is 16.7 Å². The van der Waals surface area contributed by atoms with Crippen LogP contribution in [0.5, 0.6) is 5.75 Å². The monoisotopic (exact) mass is 283 g/mol. The molecule has 100 valence electrons. The molecule has 0 fully saturated rings. The minimum Gasteiger partial charge on any atom is -0.497 e. The highest BCUT2D eigenvalue weighted by molar-refractivity contribution is 7.99. The summed E-state index contributed by atoms with van der Waals surface area (Å²) in [5.74, 6) is 0.746. The summed E-state index contributed by atoms with van der Waals surface area (Å²) < 4.78 is 5.18. The maximum absolute atomic E-state index is 11.7. The highest BCUT2D eigenvalue weighted by Crippen LogP contribution is 2.33. The Bertz CT molecular complexity index is 689. The Kier molecular flexibility index (Phi) is 4.44.